The first-order valence-electron chi connectivity index (χ1n) is 9.25. The van der Waals surface area contributed by atoms with Crippen molar-refractivity contribution in [2.45, 2.75) is 4.21 Å². The predicted molar refractivity (Wildman–Crippen MR) is 119 cm³/mol. The highest BCUT2D eigenvalue weighted by Gasteiger charge is 2.16. The number of H-pyrrole nitrogens is 1. The molecule has 0 aliphatic rings. The SMILES string of the molecule is CS(=O)(=O)c1ccc(-c2ncnc3ccc(-c4c[nH]nc4-c4ccc(F)cc4)cc23)s1. The Hall–Kier alpha value is -3.43. The topological polar surface area (TPSA) is 88.6 Å². The second-order valence-corrected chi connectivity index (χ2v) is 10.3. The molecule has 5 rings (SSSR count). The first-order chi connectivity index (χ1) is 14.9. The van der Waals surface area contributed by atoms with Gasteiger partial charge in [0.15, 0.2) is 9.84 Å². The number of halogens is 1. The largest absolute Gasteiger partial charge is 0.284 e. The number of aromatic amines is 1. The number of fused-ring (bicyclic) bond motifs is 1. The Labute approximate surface area is 181 Å². The Morgan fingerprint density at radius 1 is 0.935 bits per heavy atom. The molecular weight excluding hydrogens is 435 g/mol. The molecule has 2 aromatic carbocycles. The van der Waals surface area contributed by atoms with Crippen LogP contribution in [0, 0.1) is 5.82 Å². The molecule has 0 radical (unpaired) electrons. The molecule has 0 saturated carbocycles. The molecule has 154 valence electrons. The number of sulfone groups is 1. The molecule has 0 bridgehead atoms. The van der Waals surface area contributed by atoms with Gasteiger partial charge < -0.3 is 0 Å². The van der Waals surface area contributed by atoms with Crippen molar-refractivity contribution in [2.24, 2.45) is 0 Å². The van der Waals surface area contributed by atoms with Gasteiger partial charge in [0.1, 0.15) is 16.4 Å². The van der Waals surface area contributed by atoms with E-state index in [1.54, 1.807) is 30.5 Å². The molecule has 31 heavy (non-hydrogen) atoms. The predicted octanol–water partition coefficient (Wildman–Crippen LogP) is 4.96. The van der Waals surface area contributed by atoms with E-state index >= 15 is 0 Å². The molecule has 0 aliphatic heterocycles. The molecule has 3 heterocycles. The minimum Gasteiger partial charge on any atom is -0.284 e. The van der Waals surface area contributed by atoms with E-state index in [-0.39, 0.29) is 5.82 Å². The second-order valence-electron chi connectivity index (χ2n) is 7.00. The van der Waals surface area contributed by atoms with E-state index < -0.39 is 9.84 Å². The highest BCUT2D eigenvalue weighted by molar-refractivity contribution is 7.92. The van der Waals surface area contributed by atoms with Gasteiger partial charge in [0.25, 0.3) is 0 Å². The van der Waals surface area contributed by atoms with Gasteiger partial charge in [-0.2, -0.15) is 5.10 Å². The molecule has 6 nitrogen and oxygen atoms in total. The highest BCUT2D eigenvalue weighted by Crippen LogP contribution is 2.36. The van der Waals surface area contributed by atoms with Gasteiger partial charge in [0, 0.05) is 29.0 Å². The van der Waals surface area contributed by atoms with Gasteiger partial charge in [-0.05, 0) is 54.1 Å². The van der Waals surface area contributed by atoms with Crippen molar-refractivity contribution in [1.29, 1.82) is 0 Å². The van der Waals surface area contributed by atoms with Crippen LogP contribution in [0.3, 0.4) is 0 Å². The van der Waals surface area contributed by atoms with Gasteiger partial charge >= 0.3 is 0 Å². The van der Waals surface area contributed by atoms with Crippen LogP contribution >= 0.6 is 11.3 Å². The van der Waals surface area contributed by atoms with Gasteiger partial charge in [-0.1, -0.05) is 6.07 Å². The fraction of sp³-hybridized carbons (Fsp3) is 0.0455. The number of nitrogens with zero attached hydrogens (tertiary/aromatic N) is 3. The summed E-state index contributed by atoms with van der Waals surface area (Å²) in [4.78, 5) is 9.52. The number of hydrogen-bond acceptors (Lipinski definition) is 6. The van der Waals surface area contributed by atoms with Crippen molar-refractivity contribution in [1.82, 2.24) is 20.2 Å². The highest BCUT2D eigenvalue weighted by atomic mass is 32.2. The van der Waals surface area contributed by atoms with E-state index in [1.807, 2.05) is 18.2 Å². The Morgan fingerprint density at radius 2 is 1.71 bits per heavy atom. The van der Waals surface area contributed by atoms with E-state index in [9.17, 15) is 12.8 Å². The summed E-state index contributed by atoms with van der Waals surface area (Å²) in [6, 6.07) is 15.3. The summed E-state index contributed by atoms with van der Waals surface area (Å²) in [5, 5.41) is 8.02. The average molecular weight is 451 g/mol. The van der Waals surface area contributed by atoms with Crippen LogP contribution in [0.15, 0.2) is 71.3 Å². The summed E-state index contributed by atoms with van der Waals surface area (Å²) < 4.78 is 37.4. The zero-order chi connectivity index (χ0) is 21.6. The normalized spacial score (nSPS) is 11.8. The maximum Gasteiger partial charge on any atom is 0.184 e. The maximum atomic E-state index is 13.3. The molecule has 9 heteroatoms. The summed E-state index contributed by atoms with van der Waals surface area (Å²) >= 11 is 1.18. The molecule has 5 aromatic rings. The fourth-order valence-electron chi connectivity index (χ4n) is 3.41. The lowest BCUT2D eigenvalue weighted by atomic mass is 9.99. The van der Waals surface area contributed by atoms with Crippen molar-refractivity contribution in [3.63, 3.8) is 0 Å². The van der Waals surface area contributed by atoms with Crippen molar-refractivity contribution in [2.75, 3.05) is 6.26 Å². The Morgan fingerprint density at radius 3 is 2.45 bits per heavy atom. The summed E-state index contributed by atoms with van der Waals surface area (Å²) in [7, 11) is -3.29. The molecule has 0 saturated heterocycles. The van der Waals surface area contributed by atoms with Gasteiger partial charge in [-0.25, -0.2) is 22.8 Å². The summed E-state index contributed by atoms with van der Waals surface area (Å²) in [6.07, 6.45) is 4.45. The van der Waals surface area contributed by atoms with Crippen LogP contribution in [0.1, 0.15) is 0 Å². The van der Waals surface area contributed by atoms with Crippen LogP contribution in [0.2, 0.25) is 0 Å². The third kappa shape index (κ3) is 3.62. The van der Waals surface area contributed by atoms with Gasteiger partial charge in [-0.3, -0.25) is 5.10 Å². The van der Waals surface area contributed by atoms with E-state index in [1.165, 1.54) is 36.1 Å². The number of thiophene rings is 1. The molecule has 0 fully saturated rings. The standard InChI is InChI=1S/C22H15FN4O2S2/c1-31(28,29)20-9-8-19(30-20)22-16-10-14(4-7-18(16)24-12-25-22)17-11-26-27-21(17)13-2-5-15(23)6-3-13/h2-12H,1H3,(H,26,27). The Kier molecular flexibility index (Phi) is 4.64. The van der Waals surface area contributed by atoms with Gasteiger partial charge in [-0.15, -0.1) is 11.3 Å². The molecule has 3 aromatic heterocycles. The first-order valence-corrected chi connectivity index (χ1v) is 12.0. The summed E-state index contributed by atoms with van der Waals surface area (Å²) in [5.41, 5.74) is 4.64. The summed E-state index contributed by atoms with van der Waals surface area (Å²) in [6.45, 7) is 0. The van der Waals surface area contributed by atoms with E-state index in [0.29, 0.717) is 15.6 Å². The van der Waals surface area contributed by atoms with E-state index in [4.69, 9.17) is 0 Å². The quantitative estimate of drug-likeness (QED) is 0.418. The fourth-order valence-corrected chi connectivity index (χ4v) is 5.34. The van der Waals surface area contributed by atoms with Crippen molar-refractivity contribution >= 4 is 32.1 Å². The lowest BCUT2D eigenvalue weighted by molar-refractivity contribution is 0.604. The first kappa shape index (κ1) is 19.5. The zero-order valence-electron chi connectivity index (χ0n) is 16.2. The number of benzene rings is 2. The number of hydrogen-bond donors (Lipinski definition) is 1. The smallest absolute Gasteiger partial charge is 0.184 e. The van der Waals surface area contributed by atoms with E-state index in [0.717, 1.165) is 32.5 Å². The minimum absolute atomic E-state index is 0.291. The lowest BCUT2D eigenvalue weighted by Gasteiger charge is -2.07. The van der Waals surface area contributed by atoms with Crippen LogP contribution in [-0.2, 0) is 9.84 Å². The molecule has 0 aliphatic carbocycles. The molecule has 0 unspecified atom stereocenters. The van der Waals surface area contributed by atoms with Crippen molar-refractivity contribution in [3.8, 4) is 33.0 Å². The lowest BCUT2D eigenvalue weighted by Crippen LogP contribution is -1.92. The number of nitrogens with one attached hydrogen (secondary N) is 1. The van der Waals surface area contributed by atoms with Crippen LogP contribution in [0.25, 0.3) is 43.9 Å². The van der Waals surface area contributed by atoms with Crippen molar-refractivity contribution < 1.29 is 12.8 Å². The molecule has 0 atom stereocenters. The third-order valence-electron chi connectivity index (χ3n) is 4.88. The number of rotatable bonds is 4. The van der Waals surface area contributed by atoms with Gasteiger partial charge in [0.05, 0.1) is 21.8 Å². The summed E-state index contributed by atoms with van der Waals surface area (Å²) in [5.74, 6) is -0.308. The second kappa shape index (κ2) is 7.36. The third-order valence-corrected chi connectivity index (χ3v) is 7.80. The van der Waals surface area contributed by atoms with Gasteiger partial charge in [0.2, 0.25) is 0 Å². The Balaban J connectivity index is 1.65. The van der Waals surface area contributed by atoms with E-state index in [2.05, 4.69) is 20.2 Å². The van der Waals surface area contributed by atoms with Crippen LogP contribution in [0.4, 0.5) is 4.39 Å². The van der Waals surface area contributed by atoms with Crippen LogP contribution < -0.4 is 0 Å². The molecule has 0 spiro atoms. The zero-order valence-corrected chi connectivity index (χ0v) is 17.8. The van der Waals surface area contributed by atoms with Crippen molar-refractivity contribution in [3.05, 3.63) is 72.9 Å². The Bertz CT molecular complexity index is 1520. The molecular formula is C22H15FN4O2S2. The van der Waals surface area contributed by atoms with Crippen LogP contribution in [-0.4, -0.2) is 34.8 Å². The maximum absolute atomic E-state index is 13.3. The minimum atomic E-state index is -3.29. The molecule has 1 N–H and O–H groups in total. The van der Waals surface area contributed by atoms with Crippen LogP contribution in [0.5, 0.6) is 0 Å². The monoisotopic (exact) mass is 450 g/mol. The number of aromatic nitrogens is 4. The molecule has 0 amide bonds. The average Bonchev–Trinajstić information content (AvgIpc) is 3.43.